The number of H-pyrrole nitrogens is 1. The fourth-order valence-corrected chi connectivity index (χ4v) is 2.01. The van der Waals surface area contributed by atoms with E-state index in [0.29, 0.717) is 6.54 Å². The highest BCUT2D eigenvalue weighted by Gasteiger charge is 2.04. The molecule has 0 amide bonds. The summed E-state index contributed by atoms with van der Waals surface area (Å²) in [6.45, 7) is 2.36. The lowest BCUT2D eigenvalue weighted by Crippen LogP contribution is -2.28. The third-order valence-electron chi connectivity index (χ3n) is 3.18. The van der Waals surface area contributed by atoms with Crippen LogP contribution in [0.1, 0.15) is 5.56 Å². The highest BCUT2D eigenvalue weighted by atomic mass is 16.5. The van der Waals surface area contributed by atoms with Gasteiger partial charge in [-0.1, -0.05) is 0 Å². The summed E-state index contributed by atoms with van der Waals surface area (Å²) in [5.74, 6) is 0.788. The van der Waals surface area contributed by atoms with Crippen LogP contribution in [0.5, 0.6) is 5.75 Å². The molecule has 20 heavy (non-hydrogen) atoms. The first-order chi connectivity index (χ1) is 9.60. The highest BCUT2D eigenvalue weighted by molar-refractivity contribution is 5.80. The number of benzene rings is 1. The molecule has 0 aliphatic heterocycles. The molecule has 1 aromatic carbocycles. The SMILES string of the molecule is COc1ccc2[nH]c(=O)c(CNCCN(C)C)cc2c1. The first-order valence-corrected chi connectivity index (χ1v) is 6.65. The third-order valence-corrected chi connectivity index (χ3v) is 3.18. The van der Waals surface area contributed by atoms with Crippen molar-refractivity contribution >= 4 is 10.9 Å². The van der Waals surface area contributed by atoms with E-state index in [4.69, 9.17) is 4.74 Å². The van der Waals surface area contributed by atoms with Crippen LogP contribution in [-0.2, 0) is 6.54 Å². The van der Waals surface area contributed by atoms with Crippen LogP contribution in [0, 0.1) is 0 Å². The molecule has 0 saturated carbocycles. The lowest BCUT2D eigenvalue weighted by molar-refractivity contribution is 0.400. The number of rotatable bonds is 6. The molecule has 0 saturated heterocycles. The molecular formula is C15H21N3O2. The van der Waals surface area contributed by atoms with Crippen LogP contribution in [0.2, 0.25) is 0 Å². The van der Waals surface area contributed by atoms with Gasteiger partial charge in [0.05, 0.1) is 7.11 Å². The molecule has 0 unspecified atom stereocenters. The number of hydrogen-bond acceptors (Lipinski definition) is 4. The second kappa shape index (κ2) is 6.54. The quantitative estimate of drug-likeness (QED) is 0.778. The smallest absolute Gasteiger partial charge is 0.252 e. The van der Waals surface area contributed by atoms with Gasteiger partial charge in [-0.25, -0.2) is 0 Å². The molecule has 2 N–H and O–H groups in total. The normalized spacial score (nSPS) is 11.2. The minimum Gasteiger partial charge on any atom is -0.497 e. The molecule has 0 aliphatic rings. The number of methoxy groups -OCH3 is 1. The Balaban J connectivity index is 2.16. The summed E-state index contributed by atoms with van der Waals surface area (Å²) in [5, 5.41) is 4.25. The number of aromatic nitrogens is 1. The summed E-state index contributed by atoms with van der Waals surface area (Å²) in [6.07, 6.45) is 0. The zero-order chi connectivity index (χ0) is 14.5. The van der Waals surface area contributed by atoms with Gasteiger partial charge < -0.3 is 19.9 Å². The summed E-state index contributed by atoms with van der Waals surface area (Å²) in [6, 6.07) is 7.54. The van der Waals surface area contributed by atoms with Gasteiger partial charge in [-0.15, -0.1) is 0 Å². The highest BCUT2D eigenvalue weighted by Crippen LogP contribution is 2.18. The molecule has 5 heteroatoms. The Bertz CT molecular complexity index is 635. The first-order valence-electron chi connectivity index (χ1n) is 6.65. The van der Waals surface area contributed by atoms with Crippen molar-refractivity contribution in [3.8, 4) is 5.75 Å². The van der Waals surface area contributed by atoms with Gasteiger partial charge in [-0.3, -0.25) is 4.79 Å². The molecule has 0 radical (unpaired) electrons. The predicted molar refractivity (Wildman–Crippen MR) is 81.4 cm³/mol. The monoisotopic (exact) mass is 275 g/mol. The van der Waals surface area contributed by atoms with Crippen molar-refractivity contribution in [3.05, 3.63) is 40.2 Å². The number of likely N-dealkylation sites (N-methyl/N-ethyl adjacent to an activating group) is 1. The van der Waals surface area contributed by atoms with Crippen molar-refractivity contribution in [1.82, 2.24) is 15.2 Å². The van der Waals surface area contributed by atoms with E-state index in [1.54, 1.807) is 7.11 Å². The van der Waals surface area contributed by atoms with Gasteiger partial charge in [0.1, 0.15) is 5.75 Å². The summed E-state index contributed by atoms with van der Waals surface area (Å²) < 4.78 is 5.20. The fourth-order valence-electron chi connectivity index (χ4n) is 2.01. The minimum absolute atomic E-state index is 0.0416. The van der Waals surface area contributed by atoms with Crippen molar-refractivity contribution in [1.29, 1.82) is 0 Å². The Kier molecular flexibility index (Phi) is 4.76. The summed E-state index contributed by atoms with van der Waals surface area (Å²) in [4.78, 5) is 17.0. The fraction of sp³-hybridized carbons (Fsp3) is 0.400. The van der Waals surface area contributed by atoms with Crippen molar-refractivity contribution in [3.63, 3.8) is 0 Å². The Morgan fingerprint density at radius 3 is 2.80 bits per heavy atom. The number of hydrogen-bond donors (Lipinski definition) is 2. The molecule has 2 rings (SSSR count). The van der Waals surface area contributed by atoms with E-state index in [2.05, 4.69) is 15.2 Å². The lowest BCUT2D eigenvalue weighted by atomic mass is 10.1. The minimum atomic E-state index is -0.0416. The van der Waals surface area contributed by atoms with Gasteiger partial charge in [0.2, 0.25) is 0 Å². The zero-order valence-corrected chi connectivity index (χ0v) is 12.2. The van der Waals surface area contributed by atoms with Crippen LogP contribution in [0.15, 0.2) is 29.1 Å². The van der Waals surface area contributed by atoms with Gasteiger partial charge in [0.15, 0.2) is 0 Å². The maximum atomic E-state index is 12.0. The summed E-state index contributed by atoms with van der Waals surface area (Å²) in [7, 11) is 5.68. The van der Waals surface area contributed by atoms with Crippen molar-refractivity contribution in [2.24, 2.45) is 0 Å². The second-order valence-electron chi connectivity index (χ2n) is 5.06. The van der Waals surface area contributed by atoms with Gasteiger partial charge in [0.25, 0.3) is 5.56 Å². The lowest BCUT2D eigenvalue weighted by Gasteiger charge is -2.10. The number of nitrogens with one attached hydrogen (secondary N) is 2. The van der Waals surface area contributed by atoms with Crippen LogP contribution < -0.4 is 15.6 Å². The van der Waals surface area contributed by atoms with Gasteiger partial charge in [-0.05, 0) is 38.4 Å². The number of nitrogens with zero attached hydrogens (tertiary/aromatic N) is 1. The molecule has 0 spiro atoms. The molecular weight excluding hydrogens is 254 g/mol. The molecule has 0 atom stereocenters. The van der Waals surface area contributed by atoms with Crippen molar-refractivity contribution in [2.75, 3.05) is 34.3 Å². The maximum absolute atomic E-state index is 12.0. The molecule has 5 nitrogen and oxygen atoms in total. The molecule has 0 aliphatic carbocycles. The van der Waals surface area contributed by atoms with Crippen LogP contribution in [0.25, 0.3) is 10.9 Å². The molecule has 1 aromatic heterocycles. The molecule has 0 fully saturated rings. The van der Waals surface area contributed by atoms with E-state index < -0.39 is 0 Å². The average molecular weight is 275 g/mol. The van der Waals surface area contributed by atoms with Crippen molar-refractivity contribution in [2.45, 2.75) is 6.54 Å². The van der Waals surface area contributed by atoms with Gasteiger partial charge >= 0.3 is 0 Å². The Labute approximate surface area is 118 Å². The Hall–Kier alpha value is -1.85. The van der Waals surface area contributed by atoms with E-state index in [0.717, 1.165) is 35.3 Å². The van der Waals surface area contributed by atoms with E-state index in [1.807, 2.05) is 38.4 Å². The van der Waals surface area contributed by atoms with E-state index in [-0.39, 0.29) is 5.56 Å². The first kappa shape index (κ1) is 14.6. The van der Waals surface area contributed by atoms with Crippen LogP contribution in [-0.4, -0.2) is 44.2 Å². The van der Waals surface area contributed by atoms with Crippen LogP contribution in [0.3, 0.4) is 0 Å². The molecule has 1 heterocycles. The van der Waals surface area contributed by atoms with Crippen LogP contribution in [0.4, 0.5) is 0 Å². The van der Waals surface area contributed by atoms with Crippen molar-refractivity contribution < 1.29 is 4.74 Å². The molecule has 0 bridgehead atoms. The predicted octanol–water partition coefficient (Wildman–Crippen LogP) is 1.19. The number of fused-ring (bicyclic) bond motifs is 1. The molecule has 2 aromatic rings. The third kappa shape index (κ3) is 3.59. The topological polar surface area (TPSA) is 57.4 Å². The maximum Gasteiger partial charge on any atom is 0.252 e. The van der Waals surface area contributed by atoms with E-state index in [9.17, 15) is 4.79 Å². The second-order valence-corrected chi connectivity index (χ2v) is 5.06. The number of pyridine rings is 1. The average Bonchev–Trinajstić information content (AvgIpc) is 2.43. The largest absolute Gasteiger partial charge is 0.497 e. The Morgan fingerprint density at radius 1 is 1.30 bits per heavy atom. The number of ether oxygens (including phenoxy) is 1. The summed E-state index contributed by atoms with van der Waals surface area (Å²) in [5.41, 5.74) is 1.53. The zero-order valence-electron chi connectivity index (χ0n) is 12.2. The summed E-state index contributed by atoms with van der Waals surface area (Å²) >= 11 is 0. The standard InChI is InChI=1S/C15H21N3O2/c1-18(2)7-6-16-10-12-8-11-9-13(20-3)4-5-14(11)17-15(12)19/h4-5,8-9,16H,6-7,10H2,1-3H3,(H,17,19). The number of aromatic amines is 1. The van der Waals surface area contributed by atoms with Gasteiger partial charge in [-0.2, -0.15) is 0 Å². The Morgan fingerprint density at radius 2 is 2.10 bits per heavy atom. The molecule has 108 valence electrons. The van der Waals surface area contributed by atoms with Crippen LogP contribution >= 0.6 is 0 Å². The van der Waals surface area contributed by atoms with E-state index in [1.165, 1.54) is 0 Å². The van der Waals surface area contributed by atoms with E-state index >= 15 is 0 Å². The van der Waals surface area contributed by atoms with Gasteiger partial charge in [0, 0.05) is 36.1 Å².